The lowest BCUT2D eigenvalue weighted by Gasteiger charge is -2.12. The first-order valence-corrected chi connectivity index (χ1v) is 9.16. The summed E-state index contributed by atoms with van der Waals surface area (Å²) < 4.78 is 5.47. The Balaban J connectivity index is 1.65. The van der Waals surface area contributed by atoms with Gasteiger partial charge in [-0.05, 0) is 42.5 Å². The van der Waals surface area contributed by atoms with Crippen LogP contribution in [0.4, 0.5) is 4.79 Å². The van der Waals surface area contributed by atoms with E-state index in [9.17, 15) is 14.4 Å². The number of hydrogen-bond acceptors (Lipinski definition) is 5. The zero-order valence-corrected chi connectivity index (χ0v) is 15.3. The van der Waals surface area contributed by atoms with Crippen LogP contribution in [0.1, 0.15) is 16.7 Å². The van der Waals surface area contributed by atoms with Gasteiger partial charge in [-0.1, -0.05) is 42.0 Å². The second kappa shape index (κ2) is 6.89. The number of thioether (sulfide) groups is 1. The van der Waals surface area contributed by atoms with Gasteiger partial charge in [-0.2, -0.15) is 0 Å². The summed E-state index contributed by atoms with van der Waals surface area (Å²) >= 11 is 0.832. The highest BCUT2D eigenvalue weighted by Gasteiger charge is 2.35. The Hall–Kier alpha value is -3.12. The fraction of sp³-hybridized carbons (Fsp3) is 0.0952. The lowest BCUT2D eigenvalue weighted by molar-refractivity contribution is -0.123. The molecule has 1 aliphatic heterocycles. The fourth-order valence-electron chi connectivity index (χ4n) is 2.96. The first-order valence-electron chi connectivity index (χ1n) is 8.34. The predicted octanol–water partition coefficient (Wildman–Crippen LogP) is 4.34. The van der Waals surface area contributed by atoms with Gasteiger partial charge in [0.05, 0.1) is 22.4 Å². The van der Waals surface area contributed by atoms with Crippen molar-refractivity contribution in [1.29, 1.82) is 0 Å². The topological polar surface area (TPSA) is 67.6 Å². The monoisotopic (exact) mass is 377 g/mol. The van der Waals surface area contributed by atoms with Crippen molar-refractivity contribution in [2.24, 2.45) is 0 Å². The molecule has 1 aliphatic rings. The lowest BCUT2D eigenvalue weighted by atomic mass is 10.1. The van der Waals surface area contributed by atoms with Gasteiger partial charge >= 0.3 is 0 Å². The number of carbonyl (C=O) groups is 2. The number of carbonyl (C=O) groups excluding carboxylic acids is 2. The smallest absolute Gasteiger partial charge is 0.293 e. The van der Waals surface area contributed by atoms with Crippen LogP contribution in [0.15, 0.2) is 68.9 Å². The molecule has 6 heteroatoms. The van der Waals surface area contributed by atoms with E-state index in [0.29, 0.717) is 11.0 Å². The van der Waals surface area contributed by atoms with Crippen LogP contribution in [0.25, 0.3) is 17.0 Å². The molecule has 134 valence electrons. The van der Waals surface area contributed by atoms with Crippen LogP contribution in [-0.2, 0) is 11.3 Å². The molecule has 0 bridgehead atoms. The molecule has 0 atom stereocenters. The van der Waals surface area contributed by atoms with Crippen LogP contribution in [0, 0.1) is 6.92 Å². The summed E-state index contributed by atoms with van der Waals surface area (Å²) in [5.41, 5.74) is 2.43. The number of hydrogen-bond donors (Lipinski definition) is 0. The van der Waals surface area contributed by atoms with E-state index in [1.165, 1.54) is 17.2 Å². The standard InChI is InChI=1S/C21H15NO4S/c1-13-5-4-6-14(9-13)11-22-20(24)18(27-21(22)25)10-15-12-26-17-8-3-2-7-16(17)19(15)23/h2-10,12H,11H2,1H3/b18-10-. The minimum Gasteiger partial charge on any atom is -0.463 e. The summed E-state index contributed by atoms with van der Waals surface area (Å²) in [5, 5.41) is 0.0863. The van der Waals surface area contributed by atoms with Crippen LogP contribution in [0.5, 0.6) is 0 Å². The van der Waals surface area contributed by atoms with Crippen molar-refractivity contribution in [2.45, 2.75) is 13.5 Å². The summed E-state index contributed by atoms with van der Waals surface area (Å²) in [6.45, 7) is 2.16. The summed E-state index contributed by atoms with van der Waals surface area (Å²) in [6.07, 6.45) is 2.75. The van der Waals surface area contributed by atoms with Crippen LogP contribution in [0.2, 0.25) is 0 Å². The summed E-state index contributed by atoms with van der Waals surface area (Å²) in [7, 11) is 0. The number of benzene rings is 2. The van der Waals surface area contributed by atoms with Gasteiger partial charge < -0.3 is 4.42 Å². The SMILES string of the molecule is Cc1cccc(CN2C(=O)S/C(=C\c3coc4ccccc4c3=O)C2=O)c1. The van der Waals surface area contributed by atoms with E-state index in [1.807, 2.05) is 31.2 Å². The van der Waals surface area contributed by atoms with E-state index >= 15 is 0 Å². The van der Waals surface area contributed by atoms with Crippen molar-refractivity contribution in [3.8, 4) is 0 Å². The summed E-state index contributed by atoms with van der Waals surface area (Å²) in [4.78, 5) is 39.0. The summed E-state index contributed by atoms with van der Waals surface area (Å²) in [6, 6.07) is 14.6. The minimum absolute atomic E-state index is 0.204. The molecule has 1 fully saturated rings. The molecule has 2 aromatic carbocycles. The van der Waals surface area contributed by atoms with Gasteiger partial charge in [-0.15, -0.1) is 0 Å². The van der Waals surface area contributed by atoms with Gasteiger partial charge in [0.1, 0.15) is 11.8 Å². The fourth-order valence-corrected chi connectivity index (χ4v) is 3.79. The minimum atomic E-state index is -0.404. The van der Waals surface area contributed by atoms with Gasteiger partial charge in [-0.25, -0.2) is 0 Å². The van der Waals surface area contributed by atoms with Gasteiger partial charge in [-0.3, -0.25) is 19.3 Å². The van der Waals surface area contributed by atoms with E-state index in [1.54, 1.807) is 24.3 Å². The largest absolute Gasteiger partial charge is 0.463 e. The van der Waals surface area contributed by atoms with Crippen LogP contribution in [0.3, 0.4) is 0 Å². The molecule has 0 N–H and O–H groups in total. The van der Waals surface area contributed by atoms with Crippen LogP contribution >= 0.6 is 11.8 Å². The second-order valence-corrected chi connectivity index (χ2v) is 7.27. The molecule has 0 spiro atoms. The average molecular weight is 377 g/mol. The van der Waals surface area contributed by atoms with Crippen molar-refractivity contribution in [2.75, 3.05) is 0 Å². The Morgan fingerprint density at radius 2 is 1.89 bits per heavy atom. The number of para-hydroxylation sites is 1. The quantitative estimate of drug-likeness (QED) is 0.635. The molecule has 0 radical (unpaired) electrons. The van der Waals surface area contributed by atoms with Crippen molar-refractivity contribution in [3.63, 3.8) is 0 Å². The van der Waals surface area contributed by atoms with E-state index in [4.69, 9.17) is 4.42 Å². The first kappa shape index (κ1) is 17.3. The molecular formula is C21H15NO4S. The summed E-state index contributed by atoms with van der Waals surface area (Å²) in [5.74, 6) is -0.404. The van der Waals surface area contributed by atoms with E-state index in [-0.39, 0.29) is 27.7 Å². The Morgan fingerprint density at radius 3 is 2.70 bits per heavy atom. The molecule has 4 rings (SSSR count). The predicted molar refractivity (Wildman–Crippen MR) is 105 cm³/mol. The number of nitrogens with zero attached hydrogens (tertiary/aromatic N) is 1. The Bertz CT molecular complexity index is 1160. The molecule has 1 saturated heterocycles. The maximum atomic E-state index is 12.7. The highest BCUT2D eigenvalue weighted by Crippen LogP contribution is 2.33. The Labute approximate surface area is 159 Å². The van der Waals surface area contributed by atoms with Crippen LogP contribution in [-0.4, -0.2) is 16.0 Å². The van der Waals surface area contributed by atoms with Crippen molar-refractivity contribution >= 4 is 40.0 Å². The molecule has 2 amide bonds. The molecule has 0 saturated carbocycles. The van der Waals surface area contributed by atoms with E-state index in [2.05, 4.69) is 0 Å². The van der Waals surface area contributed by atoms with Crippen molar-refractivity contribution in [3.05, 3.63) is 86.6 Å². The molecule has 1 aromatic heterocycles. The number of amides is 2. The zero-order chi connectivity index (χ0) is 19.0. The van der Waals surface area contributed by atoms with E-state index in [0.717, 1.165) is 22.9 Å². The van der Waals surface area contributed by atoms with Gasteiger partial charge in [0, 0.05) is 0 Å². The second-order valence-electron chi connectivity index (χ2n) is 6.27. The van der Waals surface area contributed by atoms with Crippen molar-refractivity contribution < 1.29 is 14.0 Å². The molecule has 2 heterocycles. The van der Waals surface area contributed by atoms with E-state index < -0.39 is 5.91 Å². The number of fused-ring (bicyclic) bond motifs is 1. The normalized spacial score (nSPS) is 15.9. The van der Waals surface area contributed by atoms with Gasteiger partial charge in [0.15, 0.2) is 5.43 Å². The lowest BCUT2D eigenvalue weighted by Crippen LogP contribution is -2.27. The molecule has 0 aliphatic carbocycles. The number of aryl methyl sites for hydroxylation is 1. The third-order valence-corrected chi connectivity index (χ3v) is 5.20. The molecule has 3 aromatic rings. The maximum absolute atomic E-state index is 12.7. The van der Waals surface area contributed by atoms with Crippen molar-refractivity contribution in [1.82, 2.24) is 4.90 Å². The number of rotatable bonds is 3. The zero-order valence-electron chi connectivity index (χ0n) is 14.5. The first-order chi connectivity index (χ1) is 13.0. The molecule has 0 unspecified atom stereocenters. The van der Waals surface area contributed by atoms with Crippen LogP contribution < -0.4 is 5.43 Å². The molecule has 5 nitrogen and oxygen atoms in total. The Morgan fingerprint density at radius 1 is 1.07 bits per heavy atom. The number of imide groups is 1. The Kier molecular flexibility index (Phi) is 4.41. The third-order valence-electron chi connectivity index (χ3n) is 4.29. The maximum Gasteiger partial charge on any atom is 0.293 e. The third kappa shape index (κ3) is 3.31. The highest BCUT2D eigenvalue weighted by atomic mass is 32.2. The average Bonchev–Trinajstić information content (AvgIpc) is 2.92. The molecule has 27 heavy (non-hydrogen) atoms. The highest BCUT2D eigenvalue weighted by molar-refractivity contribution is 8.18. The van der Waals surface area contributed by atoms with Gasteiger partial charge in [0.25, 0.3) is 11.1 Å². The molecular weight excluding hydrogens is 362 g/mol. The van der Waals surface area contributed by atoms with Gasteiger partial charge in [0.2, 0.25) is 0 Å².